The number of ketones is 1. The van der Waals surface area contributed by atoms with Crippen molar-refractivity contribution in [3.63, 3.8) is 0 Å². The maximum absolute atomic E-state index is 10.5. The normalized spacial score (nSPS) is 11.6. The molecular weight excluding hydrogens is 124 g/mol. The lowest BCUT2D eigenvalue weighted by atomic mass is 9.89. The van der Waals surface area contributed by atoms with Crippen LogP contribution in [-0.2, 0) is 4.79 Å². The van der Waals surface area contributed by atoms with Crippen LogP contribution in [0.1, 0.15) is 40.5 Å². The van der Waals surface area contributed by atoms with E-state index in [1.807, 2.05) is 0 Å². The Morgan fingerprint density at radius 2 is 1.90 bits per heavy atom. The van der Waals surface area contributed by atoms with Gasteiger partial charge in [0.2, 0.25) is 0 Å². The zero-order valence-corrected chi connectivity index (χ0v) is 7.40. The van der Waals surface area contributed by atoms with E-state index in [2.05, 4.69) is 27.2 Å². The van der Waals surface area contributed by atoms with Crippen LogP contribution >= 0.6 is 0 Å². The second-order valence-electron chi connectivity index (χ2n) is 3.81. The second-order valence-corrected chi connectivity index (χ2v) is 3.81. The maximum atomic E-state index is 10.5. The van der Waals surface area contributed by atoms with Crippen molar-refractivity contribution in [1.29, 1.82) is 0 Å². The van der Waals surface area contributed by atoms with Crippen LogP contribution in [0.15, 0.2) is 0 Å². The van der Waals surface area contributed by atoms with Gasteiger partial charge in [-0.3, -0.25) is 0 Å². The zero-order chi connectivity index (χ0) is 8.20. The summed E-state index contributed by atoms with van der Waals surface area (Å²) in [5.74, 6) is 0.278. The number of rotatable bonds is 3. The Morgan fingerprint density at radius 1 is 1.40 bits per heavy atom. The van der Waals surface area contributed by atoms with Gasteiger partial charge in [-0.25, -0.2) is 0 Å². The minimum atomic E-state index is 0.259. The van der Waals surface area contributed by atoms with Crippen molar-refractivity contribution in [3.8, 4) is 0 Å². The minimum Gasteiger partial charge on any atom is -0.300 e. The first-order valence-electron chi connectivity index (χ1n) is 3.75. The highest BCUT2D eigenvalue weighted by Gasteiger charge is 2.09. The molecule has 0 aromatic carbocycles. The molecule has 0 N–H and O–H groups in total. The van der Waals surface area contributed by atoms with E-state index in [4.69, 9.17) is 0 Å². The number of hydrogen-bond acceptors (Lipinski definition) is 1. The first-order valence-corrected chi connectivity index (χ1v) is 3.75. The van der Waals surface area contributed by atoms with Gasteiger partial charge < -0.3 is 4.79 Å². The molecule has 0 atom stereocenters. The molecule has 0 bridgehead atoms. The molecule has 0 fully saturated rings. The molecule has 0 aliphatic heterocycles. The Hall–Kier alpha value is -0.330. The molecule has 1 heteroatoms. The van der Waals surface area contributed by atoms with Crippen LogP contribution in [0.5, 0.6) is 0 Å². The van der Waals surface area contributed by atoms with Crippen LogP contribution in [0.4, 0.5) is 0 Å². The summed E-state index contributed by atoms with van der Waals surface area (Å²) in [6, 6.07) is 0. The van der Waals surface area contributed by atoms with Crippen molar-refractivity contribution < 1.29 is 4.79 Å². The molecule has 59 valence electrons. The van der Waals surface area contributed by atoms with Gasteiger partial charge in [0.15, 0.2) is 0 Å². The molecule has 0 spiro atoms. The molecule has 0 aliphatic rings. The summed E-state index contributed by atoms with van der Waals surface area (Å²) in [7, 11) is 0. The number of carbonyl (C=O) groups is 1. The highest BCUT2D eigenvalue weighted by Crippen LogP contribution is 2.19. The van der Waals surface area contributed by atoms with Crippen molar-refractivity contribution in [2.75, 3.05) is 0 Å². The fourth-order valence-corrected chi connectivity index (χ4v) is 0.708. The Labute approximate surface area is 63.8 Å². The van der Waals surface area contributed by atoms with E-state index in [-0.39, 0.29) is 11.2 Å². The third kappa shape index (κ3) is 7.67. The lowest BCUT2D eigenvalue weighted by molar-refractivity contribution is -0.117. The van der Waals surface area contributed by atoms with Gasteiger partial charge in [0.25, 0.3) is 0 Å². The van der Waals surface area contributed by atoms with Gasteiger partial charge in [0, 0.05) is 6.42 Å². The van der Waals surface area contributed by atoms with Gasteiger partial charge >= 0.3 is 0 Å². The third-order valence-electron chi connectivity index (χ3n) is 1.25. The summed E-state index contributed by atoms with van der Waals surface area (Å²) in [5.41, 5.74) is 0.259. The van der Waals surface area contributed by atoms with E-state index in [1.165, 1.54) is 0 Å². The number of hydrogen-bond donors (Lipinski definition) is 0. The van der Waals surface area contributed by atoms with Crippen LogP contribution in [-0.4, -0.2) is 5.78 Å². The van der Waals surface area contributed by atoms with Gasteiger partial charge in [-0.15, -0.1) is 0 Å². The zero-order valence-electron chi connectivity index (χ0n) is 7.40. The van der Waals surface area contributed by atoms with E-state index < -0.39 is 0 Å². The lowest BCUT2D eigenvalue weighted by Gasteiger charge is -2.16. The van der Waals surface area contributed by atoms with Gasteiger partial charge in [-0.05, 0) is 25.2 Å². The molecule has 0 aliphatic carbocycles. The molecule has 0 saturated heterocycles. The molecule has 0 aromatic rings. The Kier molecular flexibility index (Phi) is 3.62. The molecule has 0 rings (SSSR count). The van der Waals surface area contributed by atoms with Crippen LogP contribution in [0, 0.1) is 11.8 Å². The summed E-state index contributed by atoms with van der Waals surface area (Å²) in [5, 5.41) is 0. The SMILES string of the molecule is CC(=O)CC[CH]C(C)(C)C. The van der Waals surface area contributed by atoms with E-state index in [0.717, 1.165) is 6.42 Å². The van der Waals surface area contributed by atoms with Crippen LogP contribution < -0.4 is 0 Å². The molecule has 0 unspecified atom stereocenters. The number of carbonyl (C=O) groups excluding carboxylic acids is 1. The third-order valence-corrected chi connectivity index (χ3v) is 1.25. The fourth-order valence-electron chi connectivity index (χ4n) is 0.708. The molecule has 0 saturated carbocycles. The van der Waals surface area contributed by atoms with Crippen molar-refractivity contribution in [2.45, 2.75) is 40.5 Å². The van der Waals surface area contributed by atoms with Gasteiger partial charge in [-0.1, -0.05) is 20.8 Å². The van der Waals surface area contributed by atoms with Crippen molar-refractivity contribution in [3.05, 3.63) is 6.42 Å². The number of Topliss-reactive ketones (excluding diaryl/α,β-unsaturated/α-hetero) is 1. The van der Waals surface area contributed by atoms with Gasteiger partial charge in [0.1, 0.15) is 5.78 Å². The summed E-state index contributed by atoms with van der Waals surface area (Å²) < 4.78 is 0. The van der Waals surface area contributed by atoms with Crippen LogP contribution in [0.2, 0.25) is 0 Å². The quantitative estimate of drug-likeness (QED) is 0.590. The second kappa shape index (κ2) is 3.75. The van der Waals surface area contributed by atoms with Crippen LogP contribution in [0.25, 0.3) is 0 Å². The molecule has 1 nitrogen and oxygen atoms in total. The van der Waals surface area contributed by atoms with Crippen molar-refractivity contribution in [2.24, 2.45) is 5.41 Å². The molecular formula is C9H17O. The largest absolute Gasteiger partial charge is 0.300 e. The van der Waals surface area contributed by atoms with Crippen molar-refractivity contribution >= 4 is 5.78 Å². The lowest BCUT2D eigenvalue weighted by Crippen LogP contribution is -2.06. The van der Waals surface area contributed by atoms with Crippen LogP contribution in [0.3, 0.4) is 0 Å². The predicted octanol–water partition coefficient (Wildman–Crippen LogP) is 2.61. The molecule has 0 heterocycles. The first kappa shape index (κ1) is 9.67. The minimum absolute atomic E-state index is 0.259. The summed E-state index contributed by atoms with van der Waals surface area (Å²) in [6.45, 7) is 8.07. The van der Waals surface area contributed by atoms with Gasteiger partial charge in [0.05, 0.1) is 0 Å². The standard InChI is InChI=1S/C9H17O/c1-8(10)6-5-7-9(2,3)4/h7H,5-6H2,1-4H3. The smallest absolute Gasteiger partial charge is 0.129 e. The predicted molar refractivity (Wildman–Crippen MR) is 43.7 cm³/mol. The highest BCUT2D eigenvalue weighted by atomic mass is 16.1. The highest BCUT2D eigenvalue weighted by molar-refractivity contribution is 5.75. The molecule has 0 amide bonds. The maximum Gasteiger partial charge on any atom is 0.129 e. The van der Waals surface area contributed by atoms with E-state index in [1.54, 1.807) is 6.92 Å². The van der Waals surface area contributed by atoms with Crippen molar-refractivity contribution in [1.82, 2.24) is 0 Å². The van der Waals surface area contributed by atoms with E-state index in [0.29, 0.717) is 6.42 Å². The summed E-state index contributed by atoms with van der Waals surface area (Å²) in [4.78, 5) is 10.5. The van der Waals surface area contributed by atoms with E-state index >= 15 is 0 Å². The molecule has 1 radical (unpaired) electrons. The Morgan fingerprint density at radius 3 is 2.20 bits per heavy atom. The molecule has 10 heavy (non-hydrogen) atoms. The van der Waals surface area contributed by atoms with Gasteiger partial charge in [-0.2, -0.15) is 0 Å². The Bertz CT molecular complexity index is 108. The topological polar surface area (TPSA) is 17.1 Å². The Balaban J connectivity index is 3.29. The molecule has 0 aromatic heterocycles. The average Bonchev–Trinajstić information content (AvgIpc) is 1.59. The fraction of sp³-hybridized carbons (Fsp3) is 0.778. The summed E-state index contributed by atoms with van der Waals surface area (Å²) in [6.07, 6.45) is 3.80. The van der Waals surface area contributed by atoms with E-state index in [9.17, 15) is 4.79 Å². The first-order chi connectivity index (χ1) is 4.42. The monoisotopic (exact) mass is 141 g/mol. The average molecular weight is 141 g/mol. The summed E-state index contributed by atoms with van der Waals surface area (Å²) >= 11 is 0.